The number of nitrogens with zero attached hydrogens (tertiary/aromatic N) is 1. The van der Waals surface area contributed by atoms with E-state index in [1.54, 1.807) is 0 Å². The zero-order valence-electron chi connectivity index (χ0n) is 12.9. The van der Waals surface area contributed by atoms with Gasteiger partial charge in [-0.2, -0.15) is 0 Å². The van der Waals surface area contributed by atoms with Gasteiger partial charge in [0.2, 0.25) is 5.91 Å². The number of esters is 1. The minimum Gasteiger partial charge on any atom is -0.465 e. The molecular formula is C16H23NO4. The Balaban J connectivity index is 1.79. The van der Waals surface area contributed by atoms with Crippen molar-refractivity contribution < 1.29 is 19.1 Å². The number of rotatable bonds is 5. The van der Waals surface area contributed by atoms with Gasteiger partial charge in [0.25, 0.3) is 0 Å². The van der Waals surface area contributed by atoms with Gasteiger partial charge >= 0.3 is 5.97 Å². The van der Waals surface area contributed by atoms with Crippen molar-refractivity contribution in [3.05, 3.63) is 12.2 Å². The van der Waals surface area contributed by atoms with E-state index in [2.05, 4.69) is 0 Å². The van der Waals surface area contributed by atoms with Crippen LogP contribution in [-0.4, -0.2) is 47.7 Å². The number of unbranched alkanes of at least 4 members (excludes halogenated alkanes) is 1. The van der Waals surface area contributed by atoms with Crippen LogP contribution in [0.2, 0.25) is 0 Å². The first-order valence-electron chi connectivity index (χ1n) is 7.84. The Labute approximate surface area is 125 Å². The smallest absolute Gasteiger partial charge is 0.312 e. The maximum atomic E-state index is 12.7. The second kappa shape index (κ2) is 5.13. The first-order chi connectivity index (χ1) is 10.00. The summed E-state index contributed by atoms with van der Waals surface area (Å²) in [5, 5.41) is 0. The van der Waals surface area contributed by atoms with E-state index in [0.29, 0.717) is 13.2 Å². The number of amides is 1. The molecule has 0 aromatic carbocycles. The van der Waals surface area contributed by atoms with Crippen LogP contribution >= 0.6 is 0 Å². The second-order valence-electron chi connectivity index (χ2n) is 6.48. The molecule has 21 heavy (non-hydrogen) atoms. The van der Waals surface area contributed by atoms with Crippen molar-refractivity contribution in [1.82, 2.24) is 4.90 Å². The molecule has 0 saturated carbocycles. The first-order valence-corrected chi connectivity index (χ1v) is 7.84. The number of hydrogen-bond acceptors (Lipinski definition) is 4. The molecule has 116 valence electrons. The monoisotopic (exact) mass is 293 g/mol. The second-order valence-corrected chi connectivity index (χ2v) is 6.48. The summed E-state index contributed by atoms with van der Waals surface area (Å²) >= 11 is 0. The largest absolute Gasteiger partial charge is 0.465 e. The zero-order chi connectivity index (χ0) is 15.2. The Kier molecular flexibility index (Phi) is 3.56. The molecule has 1 spiro atoms. The van der Waals surface area contributed by atoms with Crippen molar-refractivity contribution >= 4 is 11.9 Å². The average Bonchev–Trinajstić information content (AvgIpc) is 3.07. The summed E-state index contributed by atoms with van der Waals surface area (Å²) in [7, 11) is 0. The van der Waals surface area contributed by atoms with Gasteiger partial charge in [0, 0.05) is 6.04 Å². The van der Waals surface area contributed by atoms with E-state index in [1.807, 2.05) is 37.8 Å². The highest BCUT2D eigenvalue weighted by Gasteiger charge is 2.67. The maximum absolute atomic E-state index is 12.7. The number of fused-ring (bicyclic) bond motifs is 1. The summed E-state index contributed by atoms with van der Waals surface area (Å²) in [6.07, 6.45) is 5.41. The number of carbonyl (C=O) groups is 2. The van der Waals surface area contributed by atoms with Crippen LogP contribution in [-0.2, 0) is 19.1 Å². The molecule has 3 rings (SSSR count). The predicted octanol–water partition coefficient (Wildman–Crippen LogP) is 1.52. The van der Waals surface area contributed by atoms with E-state index in [4.69, 9.17) is 9.47 Å². The molecular weight excluding hydrogens is 270 g/mol. The third kappa shape index (κ3) is 2.09. The third-order valence-corrected chi connectivity index (χ3v) is 4.77. The number of carbonyl (C=O) groups excluding carboxylic acids is 2. The van der Waals surface area contributed by atoms with Gasteiger partial charge < -0.3 is 14.4 Å². The molecule has 0 N–H and O–H groups in total. The van der Waals surface area contributed by atoms with Crippen LogP contribution in [0.15, 0.2) is 12.2 Å². The van der Waals surface area contributed by atoms with E-state index in [9.17, 15) is 9.59 Å². The fraction of sp³-hybridized carbons (Fsp3) is 0.750. The van der Waals surface area contributed by atoms with Crippen LogP contribution in [0.5, 0.6) is 0 Å². The van der Waals surface area contributed by atoms with E-state index >= 15 is 0 Å². The molecule has 3 aliphatic rings. The van der Waals surface area contributed by atoms with Crippen LogP contribution in [0.4, 0.5) is 0 Å². The normalized spacial score (nSPS) is 36.7. The van der Waals surface area contributed by atoms with E-state index in [1.165, 1.54) is 0 Å². The minimum atomic E-state index is -0.611. The SMILES string of the molecule is CCCCOC(=O)[C@H]1[C@@H]2C=C[C@]3(CN(C(C)C)C(=O)[C@H]13)O2. The molecule has 5 nitrogen and oxygen atoms in total. The van der Waals surface area contributed by atoms with Gasteiger partial charge in [-0.1, -0.05) is 25.5 Å². The quantitative estimate of drug-likeness (QED) is 0.438. The van der Waals surface area contributed by atoms with Crippen molar-refractivity contribution in [1.29, 1.82) is 0 Å². The fourth-order valence-corrected chi connectivity index (χ4v) is 3.65. The number of ether oxygens (including phenoxy) is 2. The fourth-order valence-electron chi connectivity index (χ4n) is 3.65. The van der Waals surface area contributed by atoms with Crippen molar-refractivity contribution in [2.24, 2.45) is 11.8 Å². The summed E-state index contributed by atoms with van der Waals surface area (Å²) in [4.78, 5) is 26.8. The number of hydrogen-bond donors (Lipinski definition) is 0. The Morgan fingerprint density at radius 1 is 1.57 bits per heavy atom. The van der Waals surface area contributed by atoms with Gasteiger partial charge in [-0.05, 0) is 20.3 Å². The highest BCUT2D eigenvalue weighted by Crippen LogP contribution is 2.52. The Morgan fingerprint density at radius 2 is 2.33 bits per heavy atom. The molecule has 0 aliphatic carbocycles. The molecule has 2 fully saturated rings. The van der Waals surface area contributed by atoms with Gasteiger partial charge in [0.05, 0.1) is 25.2 Å². The Hall–Kier alpha value is -1.36. The lowest BCUT2D eigenvalue weighted by molar-refractivity contribution is -0.154. The minimum absolute atomic E-state index is 0.0225. The Bertz CT molecular complexity index is 487. The van der Waals surface area contributed by atoms with Gasteiger partial charge in [0.1, 0.15) is 11.5 Å². The molecule has 2 saturated heterocycles. The van der Waals surface area contributed by atoms with Crippen molar-refractivity contribution in [2.45, 2.75) is 51.4 Å². The van der Waals surface area contributed by atoms with E-state index < -0.39 is 17.4 Å². The Morgan fingerprint density at radius 3 is 3.00 bits per heavy atom. The first kappa shape index (κ1) is 14.6. The third-order valence-electron chi connectivity index (χ3n) is 4.77. The summed E-state index contributed by atoms with van der Waals surface area (Å²) in [5.41, 5.74) is -0.611. The molecule has 0 unspecified atom stereocenters. The van der Waals surface area contributed by atoms with Gasteiger partial charge in [0.15, 0.2) is 0 Å². The van der Waals surface area contributed by atoms with Crippen molar-refractivity contribution in [2.75, 3.05) is 13.2 Å². The summed E-state index contributed by atoms with van der Waals surface area (Å²) in [6.45, 7) is 6.98. The van der Waals surface area contributed by atoms with Crippen molar-refractivity contribution in [3.63, 3.8) is 0 Å². The summed E-state index contributed by atoms with van der Waals surface area (Å²) in [5.74, 6) is -1.16. The van der Waals surface area contributed by atoms with Crippen LogP contribution in [0, 0.1) is 11.8 Å². The van der Waals surface area contributed by atoms with Gasteiger partial charge in [-0.15, -0.1) is 0 Å². The molecule has 2 bridgehead atoms. The average molecular weight is 293 g/mol. The molecule has 4 atom stereocenters. The van der Waals surface area contributed by atoms with Crippen LogP contribution in [0.1, 0.15) is 33.6 Å². The highest BCUT2D eigenvalue weighted by atomic mass is 16.6. The maximum Gasteiger partial charge on any atom is 0.312 e. The van der Waals surface area contributed by atoms with E-state index in [-0.39, 0.29) is 24.0 Å². The van der Waals surface area contributed by atoms with Crippen molar-refractivity contribution in [3.8, 4) is 0 Å². The van der Waals surface area contributed by atoms with Gasteiger partial charge in [-0.25, -0.2) is 0 Å². The topological polar surface area (TPSA) is 55.8 Å². The molecule has 3 heterocycles. The molecule has 0 aromatic heterocycles. The molecule has 0 radical (unpaired) electrons. The molecule has 5 heteroatoms. The van der Waals surface area contributed by atoms with E-state index in [0.717, 1.165) is 12.8 Å². The lowest BCUT2D eigenvalue weighted by Gasteiger charge is -2.24. The lowest BCUT2D eigenvalue weighted by atomic mass is 9.77. The lowest BCUT2D eigenvalue weighted by Crippen LogP contribution is -2.40. The molecule has 0 aromatic rings. The molecule has 3 aliphatic heterocycles. The number of likely N-dealkylation sites (tertiary alicyclic amines) is 1. The predicted molar refractivity (Wildman–Crippen MR) is 76.4 cm³/mol. The highest BCUT2D eigenvalue weighted by molar-refractivity contribution is 5.91. The molecule has 1 amide bonds. The summed E-state index contributed by atoms with van der Waals surface area (Å²) < 4.78 is 11.3. The summed E-state index contributed by atoms with van der Waals surface area (Å²) in [6, 6.07) is 0.116. The van der Waals surface area contributed by atoms with Crippen LogP contribution in [0.25, 0.3) is 0 Å². The standard InChI is InChI=1S/C16H23NO4/c1-4-5-8-20-15(19)12-11-6-7-16(21-11)9-17(10(2)3)14(18)13(12)16/h6-7,10-13H,4-5,8-9H2,1-3H3/t11-,12-,13-,16+/m0/s1. The van der Waals surface area contributed by atoms with Crippen LogP contribution in [0.3, 0.4) is 0 Å². The van der Waals surface area contributed by atoms with Crippen LogP contribution < -0.4 is 0 Å². The van der Waals surface area contributed by atoms with Gasteiger partial charge in [-0.3, -0.25) is 9.59 Å². The zero-order valence-corrected chi connectivity index (χ0v) is 12.9.